The summed E-state index contributed by atoms with van der Waals surface area (Å²) in [5.74, 6) is 2.88. The predicted molar refractivity (Wildman–Crippen MR) is 119 cm³/mol. The van der Waals surface area contributed by atoms with Gasteiger partial charge in [-0.15, -0.1) is 0 Å². The molecule has 0 radical (unpaired) electrons. The van der Waals surface area contributed by atoms with Crippen LogP contribution in [0.3, 0.4) is 0 Å². The molecular formula is C24H22N2O2S. The molecule has 3 aromatic carbocycles. The Balaban J connectivity index is 1.74. The lowest BCUT2D eigenvalue weighted by molar-refractivity contribution is 0.482. The summed E-state index contributed by atoms with van der Waals surface area (Å²) in [5, 5.41) is 1.32. The van der Waals surface area contributed by atoms with Gasteiger partial charge in [0.15, 0.2) is 5.16 Å². The van der Waals surface area contributed by atoms with Crippen LogP contribution in [0.5, 0.6) is 11.5 Å². The molecule has 1 heterocycles. The van der Waals surface area contributed by atoms with Crippen LogP contribution in [0.15, 0.2) is 88.8 Å². The van der Waals surface area contributed by atoms with Crippen LogP contribution in [0.4, 0.5) is 0 Å². The second kappa shape index (κ2) is 8.53. The predicted octanol–water partition coefficient (Wildman–Crippen LogP) is 5.93. The van der Waals surface area contributed by atoms with Crippen LogP contribution in [0, 0.1) is 5.92 Å². The highest BCUT2D eigenvalue weighted by Crippen LogP contribution is 2.26. The van der Waals surface area contributed by atoms with E-state index in [0.29, 0.717) is 16.5 Å². The SMILES string of the molecule is CC(C)CSc1nc2ccccc2c(=O)n1-c1ccc(Oc2ccccc2)cc1. The molecule has 0 aliphatic carbocycles. The van der Waals surface area contributed by atoms with Crippen molar-refractivity contribution in [3.05, 3.63) is 89.2 Å². The lowest BCUT2D eigenvalue weighted by Crippen LogP contribution is -2.22. The number of hydrogen-bond donors (Lipinski definition) is 0. The van der Waals surface area contributed by atoms with Gasteiger partial charge in [-0.05, 0) is 54.4 Å². The summed E-state index contributed by atoms with van der Waals surface area (Å²) >= 11 is 1.61. The summed E-state index contributed by atoms with van der Waals surface area (Å²) < 4.78 is 7.57. The zero-order chi connectivity index (χ0) is 20.2. The van der Waals surface area contributed by atoms with Crippen molar-refractivity contribution in [1.29, 1.82) is 0 Å². The van der Waals surface area contributed by atoms with Gasteiger partial charge in [0.1, 0.15) is 11.5 Å². The van der Waals surface area contributed by atoms with E-state index in [1.54, 1.807) is 16.3 Å². The van der Waals surface area contributed by atoms with Crippen molar-refractivity contribution in [1.82, 2.24) is 9.55 Å². The van der Waals surface area contributed by atoms with E-state index in [0.717, 1.165) is 28.5 Å². The summed E-state index contributed by atoms with van der Waals surface area (Å²) in [4.78, 5) is 18.0. The largest absolute Gasteiger partial charge is 0.457 e. The smallest absolute Gasteiger partial charge is 0.266 e. The Morgan fingerprint density at radius 3 is 2.28 bits per heavy atom. The molecule has 0 bridgehead atoms. The van der Waals surface area contributed by atoms with E-state index in [1.165, 1.54) is 0 Å². The number of ether oxygens (including phenoxy) is 1. The number of benzene rings is 3. The van der Waals surface area contributed by atoms with E-state index in [2.05, 4.69) is 13.8 Å². The number of rotatable bonds is 6. The molecular weight excluding hydrogens is 380 g/mol. The van der Waals surface area contributed by atoms with Crippen molar-refractivity contribution in [2.45, 2.75) is 19.0 Å². The van der Waals surface area contributed by atoms with Crippen LogP contribution < -0.4 is 10.3 Å². The Morgan fingerprint density at radius 2 is 1.55 bits per heavy atom. The maximum atomic E-state index is 13.2. The Morgan fingerprint density at radius 1 is 0.897 bits per heavy atom. The van der Waals surface area contributed by atoms with Crippen molar-refractivity contribution in [2.24, 2.45) is 5.92 Å². The lowest BCUT2D eigenvalue weighted by Gasteiger charge is -2.14. The average molecular weight is 403 g/mol. The molecule has 0 saturated carbocycles. The number of thioether (sulfide) groups is 1. The van der Waals surface area contributed by atoms with Crippen LogP contribution in [0.25, 0.3) is 16.6 Å². The van der Waals surface area contributed by atoms with Gasteiger partial charge in [-0.2, -0.15) is 0 Å². The molecule has 0 fully saturated rings. The summed E-state index contributed by atoms with van der Waals surface area (Å²) in [6.45, 7) is 4.32. The Labute approximate surface area is 174 Å². The molecule has 4 aromatic rings. The van der Waals surface area contributed by atoms with Gasteiger partial charge in [-0.25, -0.2) is 4.98 Å². The third-order valence-electron chi connectivity index (χ3n) is 4.36. The van der Waals surface area contributed by atoms with Gasteiger partial charge in [0.25, 0.3) is 5.56 Å². The van der Waals surface area contributed by atoms with E-state index >= 15 is 0 Å². The van der Waals surface area contributed by atoms with Gasteiger partial charge in [0.05, 0.1) is 16.6 Å². The highest BCUT2D eigenvalue weighted by atomic mass is 32.2. The van der Waals surface area contributed by atoms with Crippen molar-refractivity contribution >= 4 is 22.7 Å². The fourth-order valence-electron chi connectivity index (χ4n) is 2.97. The third-order valence-corrected chi connectivity index (χ3v) is 5.73. The fraction of sp³-hybridized carbons (Fsp3) is 0.167. The highest BCUT2D eigenvalue weighted by Gasteiger charge is 2.14. The quantitative estimate of drug-likeness (QED) is 0.296. The molecule has 0 amide bonds. The molecule has 5 heteroatoms. The molecule has 0 aliphatic heterocycles. The second-order valence-corrected chi connectivity index (χ2v) is 8.15. The summed E-state index contributed by atoms with van der Waals surface area (Å²) in [7, 11) is 0. The standard InChI is InChI=1S/C24H22N2O2S/c1-17(2)16-29-24-25-22-11-7-6-10-21(22)23(27)26(24)18-12-14-20(15-13-18)28-19-8-4-3-5-9-19/h3-15,17H,16H2,1-2H3. The molecule has 29 heavy (non-hydrogen) atoms. The first-order chi connectivity index (χ1) is 14.1. The van der Waals surface area contributed by atoms with E-state index in [9.17, 15) is 4.79 Å². The maximum absolute atomic E-state index is 13.2. The number of hydrogen-bond acceptors (Lipinski definition) is 4. The second-order valence-electron chi connectivity index (χ2n) is 7.17. The lowest BCUT2D eigenvalue weighted by atomic mass is 10.2. The van der Waals surface area contributed by atoms with Gasteiger partial charge >= 0.3 is 0 Å². The Hall–Kier alpha value is -3.05. The Kier molecular flexibility index (Phi) is 5.67. The Bertz CT molecular complexity index is 1170. The van der Waals surface area contributed by atoms with Gasteiger partial charge < -0.3 is 4.74 Å². The monoisotopic (exact) mass is 402 g/mol. The number of fused-ring (bicyclic) bond motifs is 1. The highest BCUT2D eigenvalue weighted by molar-refractivity contribution is 7.99. The van der Waals surface area contributed by atoms with Crippen molar-refractivity contribution in [3.8, 4) is 17.2 Å². The molecule has 0 spiro atoms. The normalized spacial score (nSPS) is 11.1. The first kappa shape index (κ1) is 19.3. The van der Waals surface area contributed by atoms with E-state index < -0.39 is 0 Å². The maximum Gasteiger partial charge on any atom is 0.266 e. The number of aromatic nitrogens is 2. The van der Waals surface area contributed by atoms with Crippen LogP contribution >= 0.6 is 11.8 Å². The summed E-state index contributed by atoms with van der Waals surface area (Å²) in [5.41, 5.74) is 1.45. The number of nitrogens with zero attached hydrogens (tertiary/aromatic N) is 2. The van der Waals surface area contributed by atoms with Crippen molar-refractivity contribution in [2.75, 3.05) is 5.75 Å². The zero-order valence-corrected chi connectivity index (χ0v) is 17.2. The topological polar surface area (TPSA) is 44.1 Å². The van der Waals surface area contributed by atoms with Crippen LogP contribution in [-0.4, -0.2) is 15.3 Å². The van der Waals surface area contributed by atoms with Crippen molar-refractivity contribution in [3.63, 3.8) is 0 Å². The molecule has 4 nitrogen and oxygen atoms in total. The molecule has 0 atom stereocenters. The third kappa shape index (κ3) is 4.35. The van der Waals surface area contributed by atoms with E-state index in [4.69, 9.17) is 9.72 Å². The van der Waals surface area contributed by atoms with Crippen LogP contribution in [0.1, 0.15) is 13.8 Å². The minimum atomic E-state index is -0.0569. The average Bonchev–Trinajstić information content (AvgIpc) is 2.74. The van der Waals surface area contributed by atoms with E-state index in [1.807, 2.05) is 78.9 Å². The molecule has 0 unspecified atom stereocenters. The fourth-order valence-corrected chi connectivity index (χ4v) is 3.93. The number of para-hydroxylation sites is 2. The van der Waals surface area contributed by atoms with E-state index in [-0.39, 0.29) is 5.56 Å². The van der Waals surface area contributed by atoms with Crippen LogP contribution in [-0.2, 0) is 0 Å². The first-order valence-corrected chi connectivity index (χ1v) is 10.6. The molecule has 0 saturated heterocycles. The molecule has 1 aromatic heterocycles. The van der Waals surface area contributed by atoms with Crippen LogP contribution in [0.2, 0.25) is 0 Å². The summed E-state index contributed by atoms with van der Waals surface area (Å²) in [6.07, 6.45) is 0. The van der Waals surface area contributed by atoms with Crippen molar-refractivity contribution < 1.29 is 4.74 Å². The summed E-state index contributed by atoms with van der Waals surface area (Å²) in [6, 6.07) is 24.7. The van der Waals surface area contributed by atoms with Gasteiger partial charge in [0.2, 0.25) is 0 Å². The van der Waals surface area contributed by atoms with Gasteiger partial charge in [-0.3, -0.25) is 9.36 Å². The molecule has 146 valence electrons. The minimum absolute atomic E-state index is 0.0569. The molecule has 0 N–H and O–H groups in total. The van der Waals surface area contributed by atoms with Gasteiger partial charge in [0, 0.05) is 5.75 Å². The molecule has 0 aliphatic rings. The molecule has 4 rings (SSSR count). The van der Waals surface area contributed by atoms with Gasteiger partial charge in [-0.1, -0.05) is 55.9 Å². The minimum Gasteiger partial charge on any atom is -0.457 e. The first-order valence-electron chi connectivity index (χ1n) is 9.60. The zero-order valence-electron chi connectivity index (χ0n) is 16.4.